The van der Waals surface area contributed by atoms with Gasteiger partial charge in [-0.2, -0.15) is 0 Å². The maximum Gasteiger partial charge on any atom is 0.312 e. The number of carbonyl (C=O) groups excluding carboxylic acids is 2. The van der Waals surface area contributed by atoms with E-state index in [2.05, 4.69) is 21.2 Å². The number of hydrogen-bond donors (Lipinski definition) is 1. The van der Waals surface area contributed by atoms with Crippen LogP contribution in [0, 0.1) is 17.3 Å². The van der Waals surface area contributed by atoms with Crippen molar-refractivity contribution in [2.45, 2.75) is 75.6 Å². The molecule has 0 aromatic carbocycles. The smallest absolute Gasteiger partial charge is 0.312 e. The summed E-state index contributed by atoms with van der Waals surface area (Å²) in [5.74, 6) is 0.962. The molecule has 4 atom stereocenters. The molecule has 4 nitrogen and oxygen atoms in total. The number of halogens is 1. The predicted molar refractivity (Wildman–Crippen MR) is 92.2 cm³/mol. The van der Waals surface area contributed by atoms with Crippen molar-refractivity contribution in [3.8, 4) is 0 Å². The topological polar surface area (TPSA) is 55.4 Å². The Morgan fingerprint density at radius 3 is 2.30 bits per heavy atom. The van der Waals surface area contributed by atoms with Gasteiger partial charge in [-0.15, -0.1) is 0 Å². The Bertz CT molecular complexity index is 475. The van der Waals surface area contributed by atoms with Gasteiger partial charge in [-0.25, -0.2) is 0 Å². The van der Waals surface area contributed by atoms with Crippen LogP contribution in [0.25, 0.3) is 0 Å². The Labute approximate surface area is 147 Å². The predicted octanol–water partition coefficient (Wildman–Crippen LogP) is 3.57. The molecule has 23 heavy (non-hydrogen) atoms. The molecule has 0 aliphatic heterocycles. The molecule has 4 fully saturated rings. The SMILES string of the molecule is CCC(CC)NC(=O)COC(=O)C12C[C@@H]3C[C@@H](CC(Br)(C3)C1)C2. The molecule has 1 amide bonds. The van der Waals surface area contributed by atoms with Crippen molar-refractivity contribution in [1.29, 1.82) is 0 Å². The van der Waals surface area contributed by atoms with Gasteiger partial charge in [-0.05, 0) is 63.2 Å². The number of rotatable bonds is 6. The lowest BCUT2D eigenvalue weighted by atomic mass is 9.49. The molecule has 4 aliphatic carbocycles. The molecule has 1 N–H and O–H groups in total. The summed E-state index contributed by atoms with van der Waals surface area (Å²) in [4.78, 5) is 24.7. The summed E-state index contributed by atoms with van der Waals surface area (Å²) in [6.45, 7) is 3.96. The molecular weight excluding hydrogens is 358 g/mol. The molecule has 0 aromatic heterocycles. The third-order valence-electron chi connectivity index (χ3n) is 6.11. The van der Waals surface area contributed by atoms with Gasteiger partial charge in [0.05, 0.1) is 5.41 Å². The monoisotopic (exact) mass is 385 g/mol. The highest BCUT2D eigenvalue weighted by molar-refractivity contribution is 9.10. The molecule has 5 heteroatoms. The fraction of sp³-hybridized carbons (Fsp3) is 0.889. The maximum atomic E-state index is 12.7. The molecule has 4 saturated carbocycles. The number of ether oxygens (including phenoxy) is 1. The Morgan fingerprint density at radius 2 is 1.78 bits per heavy atom. The Morgan fingerprint density at radius 1 is 1.17 bits per heavy atom. The number of hydrogen-bond acceptors (Lipinski definition) is 3. The fourth-order valence-electron chi connectivity index (χ4n) is 5.44. The zero-order valence-electron chi connectivity index (χ0n) is 14.2. The molecule has 0 radical (unpaired) electrons. The van der Waals surface area contributed by atoms with Crippen molar-refractivity contribution in [1.82, 2.24) is 5.32 Å². The molecule has 130 valence electrons. The molecule has 2 unspecified atom stereocenters. The second kappa shape index (κ2) is 6.38. The van der Waals surface area contributed by atoms with Crippen LogP contribution in [0.4, 0.5) is 0 Å². The molecule has 0 saturated heterocycles. The minimum Gasteiger partial charge on any atom is -0.455 e. The van der Waals surface area contributed by atoms with Crippen LogP contribution >= 0.6 is 15.9 Å². The summed E-state index contributed by atoms with van der Waals surface area (Å²) in [5.41, 5.74) is -0.344. The lowest BCUT2D eigenvalue weighted by Gasteiger charge is -2.58. The van der Waals surface area contributed by atoms with E-state index in [1.54, 1.807) is 0 Å². The van der Waals surface area contributed by atoms with E-state index in [-0.39, 0.29) is 34.3 Å². The Balaban J connectivity index is 1.57. The van der Waals surface area contributed by atoms with Gasteiger partial charge in [-0.3, -0.25) is 9.59 Å². The summed E-state index contributed by atoms with van der Waals surface area (Å²) in [6.07, 6.45) is 8.21. The second-order valence-corrected chi connectivity index (χ2v) is 9.73. The summed E-state index contributed by atoms with van der Waals surface area (Å²) >= 11 is 3.91. The third kappa shape index (κ3) is 3.45. The first-order valence-corrected chi connectivity index (χ1v) is 9.83. The van der Waals surface area contributed by atoms with Crippen LogP contribution in [0.3, 0.4) is 0 Å². The van der Waals surface area contributed by atoms with Gasteiger partial charge in [0.1, 0.15) is 0 Å². The summed E-state index contributed by atoms with van der Waals surface area (Å²) in [6, 6.07) is 0.173. The summed E-state index contributed by atoms with van der Waals surface area (Å²) < 4.78 is 5.58. The summed E-state index contributed by atoms with van der Waals surface area (Å²) in [7, 11) is 0. The first-order valence-electron chi connectivity index (χ1n) is 9.03. The van der Waals surface area contributed by atoms with E-state index >= 15 is 0 Å². The average molecular weight is 386 g/mol. The van der Waals surface area contributed by atoms with Gasteiger partial charge in [0, 0.05) is 10.4 Å². The lowest BCUT2D eigenvalue weighted by Crippen LogP contribution is -2.56. The van der Waals surface area contributed by atoms with Gasteiger partial charge in [-0.1, -0.05) is 29.8 Å². The molecule has 4 aliphatic rings. The highest BCUT2D eigenvalue weighted by atomic mass is 79.9. The summed E-state index contributed by atoms with van der Waals surface area (Å²) in [5, 5.41) is 2.93. The van der Waals surface area contributed by atoms with E-state index < -0.39 is 0 Å². The standard InChI is InChI=1S/C18H28BrNO3/c1-3-14(4-2)20-15(21)10-23-16(22)17-6-12-5-13(7-17)9-18(19,8-12)11-17/h12-14H,3-11H2,1-2H3,(H,20,21)/t12-,13+,17?,18?. The third-order valence-corrected chi connectivity index (χ3v) is 7.04. The Hall–Kier alpha value is -0.580. The van der Waals surface area contributed by atoms with E-state index in [1.807, 2.05) is 13.8 Å². The molecule has 4 bridgehead atoms. The molecule has 4 rings (SSSR count). The van der Waals surface area contributed by atoms with Crippen molar-refractivity contribution in [2.24, 2.45) is 17.3 Å². The van der Waals surface area contributed by atoms with E-state index in [0.717, 1.165) is 32.1 Å². The average Bonchev–Trinajstić information content (AvgIpc) is 2.47. The van der Waals surface area contributed by atoms with Gasteiger partial charge in [0.15, 0.2) is 6.61 Å². The zero-order chi connectivity index (χ0) is 16.7. The van der Waals surface area contributed by atoms with Crippen LogP contribution in [-0.2, 0) is 14.3 Å². The highest BCUT2D eigenvalue weighted by Gasteiger charge is 2.60. The first-order chi connectivity index (χ1) is 10.9. The van der Waals surface area contributed by atoms with Crippen molar-refractivity contribution in [2.75, 3.05) is 6.61 Å². The maximum absolute atomic E-state index is 12.7. The van der Waals surface area contributed by atoms with Crippen LogP contribution in [0.2, 0.25) is 0 Å². The van der Waals surface area contributed by atoms with E-state index in [0.29, 0.717) is 11.8 Å². The molecule has 0 aromatic rings. The Kier molecular flexibility index (Phi) is 4.78. The van der Waals surface area contributed by atoms with Crippen LogP contribution in [-0.4, -0.2) is 28.8 Å². The van der Waals surface area contributed by atoms with Crippen molar-refractivity contribution in [3.63, 3.8) is 0 Å². The van der Waals surface area contributed by atoms with Gasteiger partial charge in [0.2, 0.25) is 0 Å². The second-order valence-electron chi connectivity index (χ2n) is 8.05. The fourth-order valence-corrected chi connectivity index (χ4v) is 6.89. The van der Waals surface area contributed by atoms with Crippen LogP contribution in [0.1, 0.15) is 65.2 Å². The number of carbonyl (C=O) groups is 2. The molecular formula is C18H28BrNO3. The first kappa shape index (κ1) is 17.2. The molecule has 0 heterocycles. The van der Waals surface area contributed by atoms with Crippen molar-refractivity contribution in [3.05, 3.63) is 0 Å². The zero-order valence-corrected chi connectivity index (χ0v) is 15.8. The quantitative estimate of drug-likeness (QED) is 0.561. The number of amides is 1. The largest absolute Gasteiger partial charge is 0.455 e. The molecule has 0 spiro atoms. The van der Waals surface area contributed by atoms with E-state index in [1.165, 1.54) is 19.3 Å². The minimum atomic E-state index is -0.344. The number of nitrogens with one attached hydrogen (secondary N) is 1. The number of esters is 1. The van der Waals surface area contributed by atoms with Gasteiger partial charge in [0.25, 0.3) is 5.91 Å². The minimum absolute atomic E-state index is 0.133. The van der Waals surface area contributed by atoms with E-state index in [4.69, 9.17) is 4.74 Å². The van der Waals surface area contributed by atoms with E-state index in [9.17, 15) is 9.59 Å². The normalized spacial score (nSPS) is 37.9. The van der Waals surface area contributed by atoms with Crippen LogP contribution in [0.15, 0.2) is 0 Å². The van der Waals surface area contributed by atoms with Crippen molar-refractivity contribution < 1.29 is 14.3 Å². The number of alkyl halides is 1. The highest BCUT2D eigenvalue weighted by Crippen LogP contribution is 2.64. The van der Waals surface area contributed by atoms with Crippen LogP contribution < -0.4 is 5.32 Å². The lowest BCUT2D eigenvalue weighted by molar-refractivity contribution is -0.171. The van der Waals surface area contributed by atoms with Gasteiger partial charge < -0.3 is 10.1 Å². The van der Waals surface area contributed by atoms with Gasteiger partial charge >= 0.3 is 5.97 Å². The van der Waals surface area contributed by atoms with Crippen LogP contribution in [0.5, 0.6) is 0 Å². The van der Waals surface area contributed by atoms with Crippen molar-refractivity contribution >= 4 is 27.8 Å².